The van der Waals surface area contributed by atoms with E-state index >= 15 is 0 Å². The SMILES string of the molecule is COC(=O)CCC1=C(C)c2cc3[nH]c(cc4[nH]c(cc5nc(cc1n2)C(CCC(=O)OC)=C5C)c(C(Cl)=C(F)F)c4C)c(C=C(F)F)c3C. The minimum atomic E-state index is -2.10. The highest BCUT2D eigenvalue weighted by molar-refractivity contribution is 6.50. The number of nitrogens with zero attached hydrogens (tertiary/aromatic N) is 2. The van der Waals surface area contributed by atoms with Crippen LogP contribution >= 0.6 is 11.6 Å². The standard InChI is InChI=1S/C36H33ClF4N4O4/c1-16-20(7-9-32(46)48-5)27-15-28-21(8-10-33(47)49-6)17(2)25(43-28)14-30-34(35(37)36(40)41)19(4)26(45-30)13-29-22(11-31(38)39)18(3)24(44-29)12-23(16)42-27/h11-15,44-45H,7-10H2,1-6H3. The fourth-order valence-corrected chi connectivity index (χ4v) is 6.33. The van der Waals surface area contributed by atoms with E-state index < -0.39 is 29.1 Å². The minimum absolute atomic E-state index is 0.0211. The van der Waals surface area contributed by atoms with Gasteiger partial charge in [-0.15, -0.1) is 0 Å². The van der Waals surface area contributed by atoms with Crippen molar-refractivity contribution >= 4 is 79.0 Å². The van der Waals surface area contributed by atoms with Crippen LogP contribution in [0.1, 0.15) is 84.6 Å². The van der Waals surface area contributed by atoms with E-state index in [1.165, 1.54) is 14.2 Å². The molecule has 0 aromatic carbocycles. The molecule has 8 bridgehead atoms. The van der Waals surface area contributed by atoms with E-state index in [4.69, 9.17) is 31.0 Å². The maximum Gasteiger partial charge on any atom is 0.305 e. The summed E-state index contributed by atoms with van der Waals surface area (Å²) in [4.78, 5) is 40.4. The summed E-state index contributed by atoms with van der Waals surface area (Å²) in [5.74, 6) is -0.833. The van der Waals surface area contributed by atoms with Crippen LogP contribution in [-0.2, 0) is 19.1 Å². The lowest BCUT2D eigenvalue weighted by atomic mass is 9.98. The molecule has 0 unspecified atom stereocenters. The van der Waals surface area contributed by atoms with Gasteiger partial charge in [0.2, 0.25) is 0 Å². The first-order valence-corrected chi connectivity index (χ1v) is 15.7. The number of aromatic nitrogens is 4. The Bertz CT molecular complexity index is 2190. The van der Waals surface area contributed by atoms with Gasteiger partial charge in [-0.25, -0.2) is 9.97 Å². The Labute approximate surface area is 284 Å². The lowest BCUT2D eigenvalue weighted by Crippen LogP contribution is -2.01. The van der Waals surface area contributed by atoms with Gasteiger partial charge < -0.3 is 19.4 Å². The lowest BCUT2D eigenvalue weighted by Gasteiger charge is -2.06. The summed E-state index contributed by atoms with van der Waals surface area (Å²) in [6, 6.07) is 6.64. The lowest BCUT2D eigenvalue weighted by molar-refractivity contribution is -0.141. The molecule has 0 aliphatic carbocycles. The summed E-state index contributed by atoms with van der Waals surface area (Å²) < 4.78 is 65.2. The van der Waals surface area contributed by atoms with Crippen molar-refractivity contribution in [3.05, 3.63) is 81.5 Å². The van der Waals surface area contributed by atoms with Crippen LogP contribution in [-0.4, -0.2) is 46.1 Å². The summed E-state index contributed by atoms with van der Waals surface area (Å²) >= 11 is 6.18. The third-order valence-corrected chi connectivity index (χ3v) is 9.17. The molecule has 49 heavy (non-hydrogen) atoms. The molecule has 2 aliphatic rings. The van der Waals surface area contributed by atoms with E-state index in [0.29, 0.717) is 62.4 Å². The molecule has 0 saturated carbocycles. The van der Waals surface area contributed by atoms with E-state index in [1.807, 2.05) is 6.92 Å². The first kappa shape index (κ1) is 35.3. The zero-order valence-corrected chi connectivity index (χ0v) is 28.4. The number of carbonyl (C=O) groups excluding carboxylic acids is 2. The fourth-order valence-electron chi connectivity index (χ4n) is 6.09. The second-order valence-electron chi connectivity index (χ2n) is 11.7. The van der Waals surface area contributed by atoms with Gasteiger partial charge in [0.05, 0.1) is 37.0 Å². The normalized spacial score (nSPS) is 12.7. The Balaban J connectivity index is 1.96. The molecule has 256 valence electrons. The summed E-state index contributed by atoms with van der Waals surface area (Å²) in [6.45, 7) is 6.95. The molecule has 0 atom stereocenters. The van der Waals surface area contributed by atoms with Gasteiger partial charge in [0.25, 0.3) is 12.2 Å². The molecule has 2 N–H and O–H groups in total. The number of allylic oxidation sites excluding steroid dienone is 4. The van der Waals surface area contributed by atoms with Crippen molar-refractivity contribution in [1.82, 2.24) is 19.9 Å². The topological polar surface area (TPSA) is 110 Å². The number of halogens is 5. The van der Waals surface area contributed by atoms with Crippen molar-refractivity contribution in [2.45, 2.75) is 53.4 Å². The quantitative estimate of drug-likeness (QED) is 0.179. The van der Waals surface area contributed by atoms with E-state index in [0.717, 1.165) is 22.8 Å². The highest BCUT2D eigenvalue weighted by Crippen LogP contribution is 2.39. The maximum absolute atomic E-state index is 14.0. The zero-order chi connectivity index (χ0) is 35.7. The highest BCUT2D eigenvalue weighted by Gasteiger charge is 2.24. The molecule has 3 aromatic heterocycles. The molecule has 2 aliphatic heterocycles. The van der Waals surface area contributed by atoms with Gasteiger partial charge in [-0.05, 0) is 98.2 Å². The summed E-state index contributed by atoms with van der Waals surface area (Å²) in [5.41, 5.74) is 7.30. The Morgan fingerprint density at radius 3 is 1.69 bits per heavy atom. The average Bonchev–Trinajstić information content (AvgIpc) is 3.72. The van der Waals surface area contributed by atoms with E-state index in [1.54, 1.807) is 45.0 Å². The van der Waals surface area contributed by atoms with E-state index in [9.17, 15) is 27.2 Å². The van der Waals surface area contributed by atoms with Crippen LogP contribution in [0.3, 0.4) is 0 Å². The van der Waals surface area contributed by atoms with E-state index in [2.05, 4.69) is 9.97 Å². The first-order valence-electron chi connectivity index (χ1n) is 15.3. The van der Waals surface area contributed by atoms with Gasteiger partial charge in [-0.3, -0.25) is 9.59 Å². The number of carbonyl (C=O) groups is 2. The average molecular weight is 697 g/mol. The Morgan fingerprint density at radius 2 is 1.20 bits per heavy atom. The Hall–Kier alpha value is -4.97. The summed E-state index contributed by atoms with van der Waals surface area (Å²) in [7, 11) is 2.60. The second-order valence-corrected chi connectivity index (χ2v) is 12.0. The number of ether oxygens (including phenoxy) is 2. The molecule has 0 radical (unpaired) electrons. The molecule has 0 saturated heterocycles. The molecule has 8 nitrogen and oxygen atoms in total. The van der Waals surface area contributed by atoms with Gasteiger partial charge >= 0.3 is 11.9 Å². The number of aromatic amines is 2. The van der Waals surface area contributed by atoms with Crippen LogP contribution in [0.25, 0.3) is 55.5 Å². The highest BCUT2D eigenvalue weighted by atomic mass is 35.5. The predicted octanol–water partition coefficient (Wildman–Crippen LogP) is 9.74. The Morgan fingerprint density at radius 1 is 0.714 bits per heavy atom. The van der Waals surface area contributed by atoms with Crippen LogP contribution in [0, 0.1) is 13.8 Å². The zero-order valence-electron chi connectivity index (χ0n) is 27.6. The Kier molecular flexibility index (Phi) is 10.3. The van der Waals surface area contributed by atoms with Crippen molar-refractivity contribution in [3.63, 3.8) is 0 Å². The van der Waals surface area contributed by atoms with Crippen molar-refractivity contribution in [2.24, 2.45) is 0 Å². The number of hydrogen-bond donors (Lipinski definition) is 2. The van der Waals surface area contributed by atoms with Gasteiger partial charge in [0, 0.05) is 52.1 Å². The number of methoxy groups -OCH3 is 2. The largest absolute Gasteiger partial charge is 0.469 e. The van der Waals surface area contributed by atoms with Crippen molar-refractivity contribution in [2.75, 3.05) is 14.2 Å². The maximum atomic E-state index is 14.0. The fraction of sp³-hybridized carbons (Fsp3) is 0.278. The van der Waals surface area contributed by atoms with Crippen molar-refractivity contribution < 1.29 is 36.6 Å². The molecule has 0 amide bonds. The van der Waals surface area contributed by atoms with Gasteiger partial charge in [0.15, 0.2) is 0 Å². The number of rotatable bonds is 8. The number of aryl methyl sites for hydroxylation is 2. The molecular formula is C36H33ClF4N4O4. The monoisotopic (exact) mass is 696 g/mol. The number of nitrogens with one attached hydrogen (secondary N) is 2. The summed E-state index contributed by atoms with van der Waals surface area (Å²) in [5, 5.41) is -0.773. The predicted molar refractivity (Wildman–Crippen MR) is 183 cm³/mol. The minimum Gasteiger partial charge on any atom is -0.469 e. The molecular weight excluding hydrogens is 664 g/mol. The van der Waals surface area contributed by atoms with Crippen molar-refractivity contribution in [3.8, 4) is 0 Å². The van der Waals surface area contributed by atoms with Crippen LogP contribution < -0.4 is 0 Å². The van der Waals surface area contributed by atoms with Gasteiger partial charge in [-0.2, -0.15) is 17.6 Å². The number of H-pyrrole nitrogens is 2. The molecule has 0 fully saturated rings. The second kappa shape index (κ2) is 14.3. The molecule has 3 aromatic rings. The third kappa shape index (κ3) is 7.10. The molecule has 5 heterocycles. The van der Waals surface area contributed by atoms with E-state index in [-0.39, 0.29) is 35.9 Å². The molecule has 0 spiro atoms. The van der Waals surface area contributed by atoms with Crippen LogP contribution in [0.15, 0.2) is 36.4 Å². The van der Waals surface area contributed by atoms with Crippen LogP contribution in [0.5, 0.6) is 0 Å². The van der Waals surface area contributed by atoms with Gasteiger partial charge in [-0.1, -0.05) is 11.6 Å². The number of hydrogen-bond acceptors (Lipinski definition) is 6. The van der Waals surface area contributed by atoms with Crippen molar-refractivity contribution in [1.29, 1.82) is 0 Å². The third-order valence-electron chi connectivity index (χ3n) is 8.84. The molecule has 5 rings (SSSR count). The van der Waals surface area contributed by atoms with Gasteiger partial charge in [0.1, 0.15) is 5.03 Å². The smallest absolute Gasteiger partial charge is 0.305 e. The van der Waals surface area contributed by atoms with Crippen LogP contribution in [0.4, 0.5) is 17.6 Å². The first-order chi connectivity index (χ1) is 23.2. The number of esters is 2. The number of fused-ring (bicyclic) bond motifs is 8. The summed E-state index contributed by atoms with van der Waals surface area (Å²) in [6.07, 6.45) is -2.58. The molecule has 13 heteroatoms. The van der Waals surface area contributed by atoms with Crippen LogP contribution in [0.2, 0.25) is 0 Å².